The minimum atomic E-state index is -0.540. The number of nitrogens with zero attached hydrogens (tertiary/aromatic N) is 2. The van der Waals surface area contributed by atoms with Crippen molar-refractivity contribution >= 4 is 35.2 Å². The number of aliphatic hydroxyl groups excluding tert-OH is 1. The third-order valence-corrected chi connectivity index (χ3v) is 4.44. The number of anilines is 2. The molecule has 9 heteroatoms. The lowest BCUT2D eigenvalue weighted by Gasteiger charge is -2.25. The monoisotopic (exact) mass is 409 g/mol. The number of urea groups is 1. The predicted octanol–water partition coefficient (Wildman–Crippen LogP) is 2.68. The molecule has 2 heterocycles. The van der Waals surface area contributed by atoms with Gasteiger partial charge in [-0.3, -0.25) is 9.59 Å². The maximum atomic E-state index is 12.5. The molecule has 1 aromatic carbocycles. The predicted molar refractivity (Wildman–Crippen MR) is 113 cm³/mol. The fourth-order valence-corrected chi connectivity index (χ4v) is 2.86. The zero-order valence-corrected chi connectivity index (χ0v) is 16.7. The number of fused-ring (bicyclic) bond motifs is 1. The molecular formula is C21H23N5O4. The number of carbonyl (C=O) groups is 3. The van der Waals surface area contributed by atoms with Crippen LogP contribution in [0.5, 0.6) is 0 Å². The van der Waals surface area contributed by atoms with Gasteiger partial charge in [0.1, 0.15) is 11.3 Å². The second-order valence-corrected chi connectivity index (χ2v) is 7.43. The summed E-state index contributed by atoms with van der Waals surface area (Å²) in [6, 6.07) is 9.46. The fourth-order valence-electron chi connectivity index (χ4n) is 2.86. The van der Waals surface area contributed by atoms with Crippen LogP contribution in [0.15, 0.2) is 48.8 Å². The molecule has 0 fully saturated rings. The topological polar surface area (TPSA) is 125 Å². The van der Waals surface area contributed by atoms with Crippen LogP contribution in [0.25, 0.3) is 5.65 Å². The van der Waals surface area contributed by atoms with Crippen LogP contribution in [0.3, 0.4) is 0 Å². The molecule has 0 atom stereocenters. The largest absolute Gasteiger partial charge is 0.396 e. The van der Waals surface area contributed by atoms with Gasteiger partial charge in [0.25, 0.3) is 5.91 Å². The Balaban J connectivity index is 1.62. The molecule has 0 radical (unpaired) electrons. The highest BCUT2D eigenvalue weighted by Crippen LogP contribution is 2.15. The molecule has 0 spiro atoms. The summed E-state index contributed by atoms with van der Waals surface area (Å²) in [6.45, 7) is 3.61. The van der Waals surface area contributed by atoms with Crippen molar-refractivity contribution in [1.82, 2.24) is 14.7 Å². The summed E-state index contributed by atoms with van der Waals surface area (Å²) >= 11 is 0. The van der Waals surface area contributed by atoms with E-state index in [4.69, 9.17) is 5.11 Å². The van der Waals surface area contributed by atoms with Gasteiger partial charge in [0, 0.05) is 35.8 Å². The molecule has 0 aliphatic rings. The van der Waals surface area contributed by atoms with Crippen molar-refractivity contribution in [2.24, 2.45) is 0 Å². The molecule has 4 N–H and O–H groups in total. The van der Waals surface area contributed by atoms with Gasteiger partial charge in [-0.2, -0.15) is 0 Å². The first-order chi connectivity index (χ1) is 14.3. The average Bonchev–Trinajstić information content (AvgIpc) is 3.10. The van der Waals surface area contributed by atoms with E-state index in [1.54, 1.807) is 53.2 Å². The Hall–Kier alpha value is -3.72. The fraction of sp³-hybridized carbons (Fsp3) is 0.238. The number of hydrogen-bond acceptors (Lipinski definition) is 5. The van der Waals surface area contributed by atoms with Crippen LogP contribution in [0.1, 0.15) is 41.1 Å². The molecule has 0 saturated heterocycles. The molecule has 0 aliphatic carbocycles. The Kier molecular flexibility index (Phi) is 6.12. The zero-order valence-electron chi connectivity index (χ0n) is 16.7. The van der Waals surface area contributed by atoms with Crippen LogP contribution in [0.4, 0.5) is 16.2 Å². The van der Waals surface area contributed by atoms with Gasteiger partial charge in [0.2, 0.25) is 0 Å². The molecule has 3 amide bonds. The molecule has 156 valence electrons. The third kappa shape index (κ3) is 5.21. The summed E-state index contributed by atoms with van der Waals surface area (Å²) in [5.74, 6) is -0.315. The van der Waals surface area contributed by atoms with Crippen molar-refractivity contribution < 1.29 is 19.5 Å². The van der Waals surface area contributed by atoms with Crippen molar-refractivity contribution in [2.45, 2.75) is 25.8 Å². The van der Waals surface area contributed by atoms with Crippen LogP contribution in [-0.2, 0) is 0 Å². The number of amides is 3. The van der Waals surface area contributed by atoms with E-state index in [2.05, 4.69) is 20.9 Å². The summed E-state index contributed by atoms with van der Waals surface area (Å²) in [4.78, 5) is 39.5. The number of aliphatic hydroxyl groups is 1. The number of imidazole rings is 1. The molecule has 2 aromatic heterocycles. The van der Waals surface area contributed by atoms with Crippen molar-refractivity contribution in [2.75, 3.05) is 17.2 Å². The minimum Gasteiger partial charge on any atom is -0.396 e. The first-order valence-electron chi connectivity index (χ1n) is 9.35. The van der Waals surface area contributed by atoms with Crippen LogP contribution < -0.4 is 16.0 Å². The Morgan fingerprint density at radius 3 is 2.43 bits per heavy atom. The summed E-state index contributed by atoms with van der Waals surface area (Å²) in [7, 11) is 0. The van der Waals surface area contributed by atoms with Crippen molar-refractivity contribution in [3.63, 3.8) is 0 Å². The van der Waals surface area contributed by atoms with Gasteiger partial charge >= 0.3 is 6.03 Å². The second-order valence-electron chi connectivity index (χ2n) is 7.43. The van der Waals surface area contributed by atoms with E-state index in [1.165, 1.54) is 0 Å². The molecule has 3 rings (SSSR count). The molecule has 0 aliphatic heterocycles. The van der Waals surface area contributed by atoms with E-state index in [0.29, 0.717) is 41.0 Å². The number of aldehydes is 1. The number of pyridine rings is 1. The third-order valence-electron chi connectivity index (χ3n) is 4.44. The number of benzene rings is 1. The van der Waals surface area contributed by atoms with Gasteiger partial charge in [-0.25, -0.2) is 9.78 Å². The highest BCUT2D eigenvalue weighted by molar-refractivity contribution is 6.04. The first kappa shape index (κ1) is 21.0. The molecular weight excluding hydrogens is 386 g/mol. The lowest BCUT2D eigenvalue weighted by atomic mass is 10.0. The Labute approximate surface area is 173 Å². The Morgan fingerprint density at radius 2 is 1.77 bits per heavy atom. The van der Waals surface area contributed by atoms with E-state index in [0.717, 1.165) is 0 Å². The van der Waals surface area contributed by atoms with Gasteiger partial charge in [-0.1, -0.05) is 0 Å². The van der Waals surface area contributed by atoms with Crippen LogP contribution in [-0.4, -0.2) is 44.9 Å². The van der Waals surface area contributed by atoms with Gasteiger partial charge in [-0.05, 0) is 56.7 Å². The number of hydrogen-bond donors (Lipinski definition) is 4. The summed E-state index contributed by atoms with van der Waals surface area (Å²) in [6.07, 6.45) is 4.34. The van der Waals surface area contributed by atoms with Gasteiger partial charge in [0.15, 0.2) is 6.29 Å². The smallest absolute Gasteiger partial charge is 0.319 e. The van der Waals surface area contributed by atoms with Crippen LogP contribution >= 0.6 is 0 Å². The normalized spacial score (nSPS) is 11.2. The van der Waals surface area contributed by atoms with E-state index in [-0.39, 0.29) is 12.5 Å². The highest BCUT2D eigenvalue weighted by Gasteiger charge is 2.19. The summed E-state index contributed by atoms with van der Waals surface area (Å²) in [5, 5.41) is 17.3. The van der Waals surface area contributed by atoms with Gasteiger partial charge in [0.05, 0.1) is 5.69 Å². The molecule has 0 bridgehead atoms. The number of rotatable bonds is 7. The van der Waals surface area contributed by atoms with Crippen molar-refractivity contribution in [3.8, 4) is 0 Å². The summed E-state index contributed by atoms with van der Waals surface area (Å²) < 4.78 is 1.66. The Bertz CT molecular complexity index is 1070. The number of nitrogens with one attached hydrogen (secondary N) is 3. The summed E-state index contributed by atoms with van der Waals surface area (Å²) in [5.41, 5.74) is 1.87. The minimum absolute atomic E-state index is 0.0247. The van der Waals surface area contributed by atoms with E-state index in [1.807, 2.05) is 13.8 Å². The van der Waals surface area contributed by atoms with Gasteiger partial charge < -0.3 is 25.5 Å². The quantitative estimate of drug-likeness (QED) is 0.447. The van der Waals surface area contributed by atoms with Crippen LogP contribution in [0.2, 0.25) is 0 Å². The maximum absolute atomic E-state index is 12.5. The SMILES string of the molecule is CC(C)(CCO)NC(=O)Nc1ccc(C(=O)Nc2ccc3nc(C=O)cn3c2)cc1. The standard InChI is InChI=1S/C21H23N5O4/c1-21(2,9-10-27)25-20(30)24-15-5-3-14(4-6-15)19(29)23-16-7-8-18-22-17(13-28)12-26(18)11-16/h3-8,11-13,27H,9-10H2,1-2H3,(H,23,29)(H2,24,25,30). The maximum Gasteiger partial charge on any atom is 0.319 e. The highest BCUT2D eigenvalue weighted by atomic mass is 16.3. The van der Waals surface area contributed by atoms with E-state index >= 15 is 0 Å². The van der Waals surface area contributed by atoms with Crippen molar-refractivity contribution in [3.05, 3.63) is 60.0 Å². The second kappa shape index (κ2) is 8.75. The average molecular weight is 409 g/mol. The van der Waals surface area contributed by atoms with E-state index < -0.39 is 11.6 Å². The van der Waals surface area contributed by atoms with E-state index in [9.17, 15) is 14.4 Å². The molecule has 9 nitrogen and oxygen atoms in total. The van der Waals surface area contributed by atoms with Gasteiger partial charge in [-0.15, -0.1) is 0 Å². The number of aromatic nitrogens is 2. The molecule has 30 heavy (non-hydrogen) atoms. The van der Waals surface area contributed by atoms with Crippen molar-refractivity contribution in [1.29, 1.82) is 0 Å². The first-order valence-corrected chi connectivity index (χ1v) is 9.35. The lowest BCUT2D eigenvalue weighted by molar-refractivity contribution is 0.102. The molecule has 0 unspecified atom stereocenters. The molecule has 3 aromatic rings. The lowest BCUT2D eigenvalue weighted by Crippen LogP contribution is -2.46. The zero-order chi connectivity index (χ0) is 21.7. The Morgan fingerprint density at radius 1 is 1.07 bits per heavy atom. The molecule has 0 saturated carbocycles. The van der Waals surface area contributed by atoms with Crippen LogP contribution in [0, 0.1) is 0 Å². The number of carbonyl (C=O) groups excluding carboxylic acids is 3.